The van der Waals surface area contributed by atoms with Gasteiger partial charge in [-0.15, -0.1) is 0 Å². The lowest BCUT2D eigenvalue weighted by molar-refractivity contribution is -0.117. The molecule has 4 atom stereocenters. The van der Waals surface area contributed by atoms with Gasteiger partial charge in [0.05, 0.1) is 24.8 Å². The van der Waals surface area contributed by atoms with Crippen molar-refractivity contribution in [1.29, 1.82) is 0 Å². The highest BCUT2D eigenvalue weighted by Gasteiger charge is 2.51. The zero-order valence-electron chi connectivity index (χ0n) is 11.8. The number of carbonyl (C=O) groups is 1. The fourth-order valence-electron chi connectivity index (χ4n) is 3.21. The summed E-state index contributed by atoms with van der Waals surface area (Å²) in [6.07, 6.45) is 2.14. The lowest BCUT2D eigenvalue weighted by Gasteiger charge is -2.52. The second kappa shape index (κ2) is 5.83. The highest BCUT2D eigenvalue weighted by molar-refractivity contribution is 6.31. The Balaban J connectivity index is 1.73. The normalized spacial score (nSPS) is 31.0. The van der Waals surface area contributed by atoms with E-state index in [2.05, 4.69) is 5.32 Å². The first-order valence-electron chi connectivity index (χ1n) is 7.13. The maximum atomic E-state index is 12.4. The molecule has 2 aliphatic rings. The van der Waals surface area contributed by atoms with Gasteiger partial charge < -0.3 is 20.5 Å². The highest BCUT2D eigenvalue weighted by Crippen LogP contribution is 2.37. The number of fused-ring (bicyclic) bond motifs is 1. The summed E-state index contributed by atoms with van der Waals surface area (Å²) in [4.78, 5) is 12.4. The predicted octanol–water partition coefficient (Wildman–Crippen LogP) is 1.58. The number of benzene rings is 1. The van der Waals surface area contributed by atoms with Crippen molar-refractivity contribution in [2.24, 2.45) is 11.7 Å². The van der Waals surface area contributed by atoms with Gasteiger partial charge in [0, 0.05) is 23.6 Å². The molecule has 0 aromatic heterocycles. The topological polar surface area (TPSA) is 73.6 Å². The molecule has 1 saturated carbocycles. The predicted molar refractivity (Wildman–Crippen MR) is 79.7 cm³/mol. The maximum Gasteiger partial charge on any atom is 0.255 e. The molecule has 0 spiro atoms. The van der Waals surface area contributed by atoms with Gasteiger partial charge in [0.2, 0.25) is 0 Å². The molecular weight excluding hydrogens is 292 g/mol. The van der Waals surface area contributed by atoms with Crippen molar-refractivity contribution in [2.75, 3.05) is 13.7 Å². The van der Waals surface area contributed by atoms with E-state index in [1.54, 1.807) is 18.2 Å². The molecule has 1 aliphatic carbocycles. The Kier molecular flexibility index (Phi) is 4.06. The molecule has 2 fully saturated rings. The van der Waals surface area contributed by atoms with Crippen molar-refractivity contribution < 1.29 is 14.3 Å². The summed E-state index contributed by atoms with van der Waals surface area (Å²) in [6.45, 7) is 0.737. The number of amides is 1. The first-order chi connectivity index (χ1) is 10.1. The Bertz CT molecular complexity index is 552. The summed E-state index contributed by atoms with van der Waals surface area (Å²) < 4.78 is 10.9. The van der Waals surface area contributed by atoms with E-state index in [1.165, 1.54) is 7.11 Å². The fraction of sp³-hybridized carbons (Fsp3) is 0.533. The van der Waals surface area contributed by atoms with E-state index in [0.29, 0.717) is 22.3 Å². The van der Waals surface area contributed by atoms with Crippen molar-refractivity contribution in [1.82, 2.24) is 5.32 Å². The van der Waals surface area contributed by atoms with E-state index < -0.39 is 0 Å². The summed E-state index contributed by atoms with van der Waals surface area (Å²) >= 11 is 5.96. The molecule has 1 aromatic carbocycles. The van der Waals surface area contributed by atoms with E-state index >= 15 is 0 Å². The molecule has 1 aliphatic heterocycles. The minimum Gasteiger partial charge on any atom is -0.496 e. The highest BCUT2D eigenvalue weighted by atomic mass is 35.5. The number of hydrogen-bond donors (Lipinski definition) is 2. The second-order valence-electron chi connectivity index (χ2n) is 5.56. The van der Waals surface area contributed by atoms with Crippen LogP contribution in [0.4, 0.5) is 0 Å². The van der Waals surface area contributed by atoms with Crippen LogP contribution < -0.4 is 15.8 Å². The summed E-state index contributed by atoms with van der Waals surface area (Å²) in [7, 11) is 1.52. The number of hydrogen-bond acceptors (Lipinski definition) is 4. The number of nitrogens with two attached hydrogens (primary N) is 1. The molecule has 6 heteroatoms. The fourth-order valence-corrected chi connectivity index (χ4v) is 3.38. The van der Waals surface area contributed by atoms with E-state index in [0.717, 1.165) is 19.4 Å². The van der Waals surface area contributed by atoms with Crippen molar-refractivity contribution in [3.05, 3.63) is 28.8 Å². The standard InChI is InChI=1S/C15H19ClN2O3/c1-20-11-5-4-8(16)7-10(11)15(19)18-13-12(17)9-3-2-6-21-14(9)13/h4-5,7,9,12-14H,2-3,6,17H2,1H3,(H,18,19). The lowest BCUT2D eigenvalue weighted by atomic mass is 9.68. The second-order valence-corrected chi connectivity index (χ2v) is 6.00. The third kappa shape index (κ3) is 2.61. The van der Waals surface area contributed by atoms with Crippen molar-refractivity contribution in [3.8, 4) is 5.75 Å². The zero-order chi connectivity index (χ0) is 15.0. The van der Waals surface area contributed by atoms with Crippen LogP contribution in [-0.4, -0.2) is 37.8 Å². The Morgan fingerprint density at radius 3 is 3.10 bits per heavy atom. The first kappa shape index (κ1) is 14.6. The molecule has 5 nitrogen and oxygen atoms in total. The molecule has 0 radical (unpaired) electrons. The smallest absolute Gasteiger partial charge is 0.255 e. The van der Waals surface area contributed by atoms with Crippen LogP contribution in [0.25, 0.3) is 0 Å². The number of rotatable bonds is 3. The minimum atomic E-state index is -0.234. The van der Waals surface area contributed by atoms with Gasteiger partial charge in [0.15, 0.2) is 0 Å². The number of nitrogens with one attached hydrogen (secondary N) is 1. The Morgan fingerprint density at radius 2 is 2.33 bits per heavy atom. The first-order valence-corrected chi connectivity index (χ1v) is 7.51. The summed E-state index contributed by atoms with van der Waals surface area (Å²) in [5.41, 5.74) is 6.57. The molecule has 0 bridgehead atoms. The summed E-state index contributed by atoms with van der Waals surface area (Å²) in [5.74, 6) is 0.610. The molecule has 1 amide bonds. The Labute approximate surface area is 128 Å². The summed E-state index contributed by atoms with van der Waals surface area (Å²) in [6, 6.07) is 4.76. The van der Waals surface area contributed by atoms with Crippen LogP contribution >= 0.6 is 11.6 Å². The summed E-state index contributed by atoms with van der Waals surface area (Å²) in [5, 5.41) is 3.45. The zero-order valence-corrected chi connectivity index (χ0v) is 12.6. The van der Waals surface area contributed by atoms with Gasteiger partial charge in [-0.3, -0.25) is 4.79 Å². The average Bonchev–Trinajstić information content (AvgIpc) is 2.51. The van der Waals surface area contributed by atoms with E-state index in [4.69, 9.17) is 26.8 Å². The Morgan fingerprint density at radius 1 is 1.52 bits per heavy atom. The molecule has 3 N–H and O–H groups in total. The number of methoxy groups -OCH3 is 1. The van der Waals surface area contributed by atoms with E-state index in [9.17, 15) is 4.79 Å². The number of carbonyl (C=O) groups excluding carboxylic acids is 1. The molecule has 4 unspecified atom stereocenters. The Hall–Kier alpha value is -1.30. The van der Waals surface area contributed by atoms with Gasteiger partial charge in [-0.05, 0) is 31.0 Å². The van der Waals surface area contributed by atoms with Gasteiger partial charge in [-0.2, -0.15) is 0 Å². The molecular formula is C15H19ClN2O3. The van der Waals surface area contributed by atoms with Gasteiger partial charge >= 0.3 is 0 Å². The van der Waals surface area contributed by atoms with Crippen LogP contribution in [0.1, 0.15) is 23.2 Å². The van der Waals surface area contributed by atoms with Crippen LogP contribution in [0.3, 0.4) is 0 Å². The third-order valence-electron chi connectivity index (χ3n) is 4.38. The molecule has 1 saturated heterocycles. The quantitative estimate of drug-likeness (QED) is 0.889. The minimum absolute atomic E-state index is 0.0304. The average molecular weight is 311 g/mol. The SMILES string of the molecule is COc1ccc(Cl)cc1C(=O)NC1C(N)C2CCCOC21. The van der Waals surface area contributed by atoms with Crippen LogP contribution in [0, 0.1) is 5.92 Å². The monoisotopic (exact) mass is 310 g/mol. The van der Waals surface area contributed by atoms with Gasteiger partial charge in [0.1, 0.15) is 5.75 Å². The van der Waals surface area contributed by atoms with E-state index in [-0.39, 0.29) is 24.1 Å². The molecule has 21 heavy (non-hydrogen) atoms. The lowest BCUT2D eigenvalue weighted by Crippen LogP contribution is -2.72. The van der Waals surface area contributed by atoms with Crippen LogP contribution in [0.15, 0.2) is 18.2 Å². The van der Waals surface area contributed by atoms with Crippen LogP contribution in [0.5, 0.6) is 5.75 Å². The third-order valence-corrected chi connectivity index (χ3v) is 4.62. The maximum absolute atomic E-state index is 12.4. The van der Waals surface area contributed by atoms with Crippen molar-refractivity contribution in [2.45, 2.75) is 31.0 Å². The van der Waals surface area contributed by atoms with Gasteiger partial charge in [-0.1, -0.05) is 11.6 Å². The van der Waals surface area contributed by atoms with Crippen LogP contribution in [0.2, 0.25) is 5.02 Å². The van der Waals surface area contributed by atoms with E-state index in [1.807, 2.05) is 0 Å². The van der Waals surface area contributed by atoms with Crippen molar-refractivity contribution in [3.63, 3.8) is 0 Å². The largest absolute Gasteiger partial charge is 0.496 e. The van der Waals surface area contributed by atoms with Gasteiger partial charge in [0.25, 0.3) is 5.91 Å². The molecule has 1 aromatic rings. The molecule has 1 heterocycles. The number of halogens is 1. The molecule has 3 rings (SSSR count). The van der Waals surface area contributed by atoms with Crippen molar-refractivity contribution >= 4 is 17.5 Å². The molecule has 114 valence electrons. The van der Waals surface area contributed by atoms with Crippen LogP contribution in [-0.2, 0) is 4.74 Å². The van der Waals surface area contributed by atoms with Gasteiger partial charge in [-0.25, -0.2) is 0 Å². The number of ether oxygens (including phenoxy) is 2.